The number of halogens is 6. The van der Waals surface area contributed by atoms with Gasteiger partial charge in [0.25, 0.3) is 5.91 Å². The lowest BCUT2D eigenvalue weighted by Crippen LogP contribution is -2.48. The minimum Gasteiger partial charge on any atom is -0.387 e. The van der Waals surface area contributed by atoms with Crippen LogP contribution >= 0.6 is 11.6 Å². The van der Waals surface area contributed by atoms with Gasteiger partial charge in [0, 0.05) is 28.8 Å². The zero-order valence-electron chi connectivity index (χ0n) is 20.3. The number of urea groups is 1. The van der Waals surface area contributed by atoms with Gasteiger partial charge in [-0.25, -0.2) is 13.6 Å². The number of fused-ring (bicyclic) bond motifs is 2. The second-order valence-electron chi connectivity index (χ2n) is 9.11. The van der Waals surface area contributed by atoms with Crippen LogP contribution in [0.1, 0.15) is 38.7 Å². The number of aliphatic hydroxyl groups is 1. The molecule has 3 aromatic rings. The predicted octanol–water partition coefficient (Wildman–Crippen LogP) is 5.17. The van der Waals surface area contributed by atoms with E-state index in [0.29, 0.717) is 11.0 Å². The summed E-state index contributed by atoms with van der Waals surface area (Å²) < 4.78 is 69.6. The Morgan fingerprint density at radius 3 is 2.50 bits per heavy atom. The van der Waals surface area contributed by atoms with Crippen LogP contribution in [0.5, 0.6) is 0 Å². The van der Waals surface area contributed by atoms with Gasteiger partial charge >= 0.3 is 12.2 Å². The zero-order chi connectivity index (χ0) is 29.1. The SMILES string of the molecule is CNc1cc(NC(=O)N2C[C@@](O)(C(F)(F)F)c3cc(F)ccc32)c2c(c1C#N)C(=O)N[C@H]2c1cc(F)ccc1Cl. The van der Waals surface area contributed by atoms with Crippen molar-refractivity contribution in [3.63, 3.8) is 0 Å². The van der Waals surface area contributed by atoms with E-state index in [2.05, 4.69) is 16.0 Å². The van der Waals surface area contributed by atoms with E-state index in [1.807, 2.05) is 6.07 Å². The fourth-order valence-corrected chi connectivity index (χ4v) is 5.20. The van der Waals surface area contributed by atoms with Gasteiger partial charge in [-0.05, 0) is 42.5 Å². The number of amides is 3. The molecule has 0 aromatic heterocycles. The van der Waals surface area contributed by atoms with E-state index >= 15 is 0 Å². The number of nitriles is 1. The summed E-state index contributed by atoms with van der Waals surface area (Å²) in [5.74, 6) is -2.48. The number of β-amino-alcohol motifs (C(OH)–C–C–N with tert-alkyl or cyclic N) is 1. The lowest BCUT2D eigenvalue weighted by atomic mass is 9.92. The average molecular weight is 578 g/mol. The van der Waals surface area contributed by atoms with Gasteiger partial charge in [-0.2, -0.15) is 18.4 Å². The second-order valence-corrected chi connectivity index (χ2v) is 9.51. The number of alkyl halides is 3. The Balaban J connectivity index is 1.64. The fourth-order valence-electron chi connectivity index (χ4n) is 4.98. The minimum atomic E-state index is -5.25. The van der Waals surface area contributed by atoms with Gasteiger partial charge in [0.15, 0.2) is 0 Å². The molecule has 3 amide bonds. The largest absolute Gasteiger partial charge is 0.423 e. The molecular formula is C26H17ClF5N5O3. The molecule has 14 heteroatoms. The van der Waals surface area contributed by atoms with Crippen LogP contribution in [0.25, 0.3) is 0 Å². The number of nitrogens with zero attached hydrogens (tertiary/aromatic N) is 2. The Bertz CT molecular complexity index is 1640. The Labute approximate surface area is 228 Å². The molecule has 40 heavy (non-hydrogen) atoms. The first-order valence-corrected chi connectivity index (χ1v) is 11.9. The molecule has 0 spiro atoms. The van der Waals surface area contributed by atoms with E-state index in [-0.39, 0.29) is 38.7 Å². The van der Waals surface area contributed by atoms with Gasteiger partial charge in [-0.15, -0.1) is 0 Å². The van der Waals surface area contributed by atoms with Gasteiger partial charge in [0.2, 0.25) is 5.60 Å². The summed E-state index contributed by atoms with van der Waals surface area (Å²) in [6.07, 6.45) is -5.25. The van der Waals surface area contributed by atoms with Gasteiger partial charge in [-0.3, -0.25) is 9.69 Å². The number of nitrogens with one attached hydrogen (secondary N) is 3. The Morgan fingerprint density at radius 1 is 1.18 bits per heavy atom. The van der Waals surface area contributed by atoms with Gasteiger partial charge in [0.05, 0.1) is 40.8 Å². The molecule has 0 bridgehead atoms. The highest BCUT2D eigenvalue weighted by Gasteiger charge is 2.61. The van der Waals surface area contributed by atoms with Crippen LogP contribution in [-0.2, 0) is 5.60 Å². The maximum atomic E-state index is 14.1. The Kier molecular flexibility index (Phi) is 6.35. The van der Waals surface area contributed by atoms with E-state index in [1.54, 1.807) is 0 Å². The summed E-state index contributed by atoms with van der Waals surface area (Å²) >= 11 is 6.27. The maximum absolute atomic E-state index is 14.1. The normalized spacial score (nSPS) is 19.5. The van der Waals surface area contributed by atoms with Crippen molar-refractivity contribution in [3.05, 3.63) is 86.9 Å². The van der Waals surface area contributed by atoms with Crippen molar-refractivity contribution in [1.82, 2.24) is 5.32 Å². The second kappa shape index (κ2) is 9.35. The highest BCUT2D eigenvalue weighted by Crippen LogP contribution is 2.49. The van der Waals surface area contributed by atoms with Crippen molar-refractivity contribution in [2.24, 2.45) is 0 Å². The van der Waals surface area contributed by atoms with Crippen LogP contribution in [0.3, 0.4) is 0 Å². The van der Waals surface area contributed by atoms with Gasteiger partial charge < -0.3 is 21.1 Å². The van der Waals surface area contributed by atoms with E-state index < -0.39 is 59.2 Å². The quantitative estimate of drug-likeness (QED) is 0.321. The molecule has 206 valence electrons. The smallest absolute Gasteiger partial charge is 0.387 e. The van der Waals surface area contributed by atoms with E-state index in [1.165, 1.54) is 19.2 Å². The number of anilines is 3. The summed E-state index contributed by atoms with van der Waals surface area (Å²) in [6.45, 7) is -1.28. The Hall–Kier alpha value is -4.41. The van der Waals surface area contributed by atoms with Crippen LogP contribution < -0.4 is 20.9 Å². The van der Waals surface area contributed by atoms with E-state index in [4.69, 9.17) is 11.6 Å². The van der Waals surface area contributed by atoms with Crippen molar-refractivity contribution in [1.29, 1.82) is 5.26 Å². The molecule has 0 unspecified atom stereocenters. The summed E-state index contributed by atoms with van der Waals surface area (Å²) in [6, 6.07) is 6.55. The summed E-state index contributed by atoms with van der Waals surface area (Å²) in [5.41, 5.74) is -4.95. The fraction of sp³-hybridized carbons (Fsp3) is 0.192. The van der Waals surface area contributed by atoms with Crippen LogP contribution in [-0.4, -0.2) is 36.8 Å². The molecule has 3 aromatic carbocycles. The first kappa shape index (κ1) is 27.2. The van der Waals surface area contributed by atoms with E-state index in [0.717, 1.165) is 24.3 Å². The molecule has 0 fully saturated rings. The van der Waals surface area contributed by atoms with Crippen LogP contribution in [0.15, 0.2) is 42.5 Å². The van der Waals surface area contributed by atoms with Gasteiger partial charge in [0.1, 0.15) is 17.7 Å². The molecule has 2 heterocycles. The lowest BCUT2D eigenvalue weighted by Gasteiger charge is -2.27. The molecule has 8 nitrogen and oxygen atoms in total. The third kappa shape index (κ3) is 4.07. The number of carbonyl (C=O) groups is 2. The third-order valence-corrected chi connectivity index (χ3v) is 7.19. The minimum absolute atomic E-state index is 0.0195. The summed E-state index contributed by atoms with van der Waals surface area (Å²) in [4.78, 5) is 27.1. The van der Waals surface area contributed by atoms with Gasteiger partial charge in [-0.1, -0.05) is 11.6 Å². The molecule has 2 aliphatic heterocycles. The zero-order valence-corrected chi connectivity index (χ0v) is 21.0. The predicted molar refractivity (Wildman–Crippen MR) is 134 cm³/mol. The number of benzene rings is 3. The number of rotatable bonds is 3. The first-order valence-electron chi connectivity index (χ1n) is 11.5. The molecule has 4 N–H and O–H groups in total. The summed E-state index contributed by atoms with van der Waals surface area (Å²) in [7, 11) is 1.44. The molecule has 5 rings (SSSR count). The summed E-state index contributed by atoms with van der Waals surface area (Å²) in [5, 5.41) is 28.1. The number of hydrogen-bond donors (Lipinski definition) is 4. The number of carbonyl (C=O) groups excluding carboxylic acids is 2. The third-order valence-electron chi connectivity index (χ3n) is 6.85. The highest BCUT2D eigenvalue weighted by molar-refractivity contribution is 6.31. The van der Waals surface area contributed by atoms with E-state index in [9.17, 15) is 41.9 Å². The molecular weight excluding hydrogens is 561 g/mol. The molecule has 2 aliphatic rings. The number of hydrogen-bond acceptors (Lipinski definition) is 5. The Morgan fingerprint density at radius 2 is 1.85 bits per heavy atom. The topological polar surface area (TPSA) is 117 Å². The van der Waals surface area contributed by atoms with Crippen LogP contribution in [0.4, 0.5) is 43.8 Å². The molecule has 0 radical (unpaired) electrons. The average Bonchev–Trinajstić information content (AvgIpc) is 3.40. The standard InChI is InChI=1S/C26H17ClF5N5O3/c1-34-17-8-18(21-20(14(17)9-33)23(38)36-22(21)13-6-11(28)2-4-16(13)27)35-24(39)37-10-25(40,26(30,31)32)15-7-12(29)3-5-19(15)37/h2-8,22,34,40H,10H2,1H3,(H,35,39)(H,36,38)/t22-,25-/m0/s1. The maximum Gasteiger partial charge on any atom is 0.423 e. The molecule has 0 aliphatic carbocycles. The monoisotopic (exact) mass is 577 g/mol. The first-order chi connectivity index (χ1) is 18.8. The van der Waals surface area contributed by atoms with Crippen molar-refractivity contribution in [2.75, 3.05) is 29.1 Å². The molecule has 0 saturated carbocycles. The van der Waals surface area contributed by atoms with Crippen molar-refractivity contribution >= 4 is 40.6 Å². The lowest BCUT2D eigenvalue weighted by molar-refractivity contribution is -0.258. The highest BCUT2D eigenvalue weighted by atomic mass is 35.5. The van der Waals surface area contributed by atoms with Crippen LogP contribution in [0, 0.1) is 23.0 Å². The van der Waals surface area contributed by atoms with Crippen molar-refractivity contribution in [3.8, 4) is 6.07 Å². The van der Waals surface area contributed by atoms with Crippen molar-refractivity contribution in [2.45, 2.75) is 17.8 Å². The van der Waals surface area contributed by atoms with Crippen LogP contribution in [0.2, 0.25) is 5.02 Å². The van der Waals surface area contributed by atoms with Crippen molar-refractivity contribution < 1.29 is 36.6 Å². The molecule has 0 saturated heterocycles. The molecule has 2 atom stereocenters.